The quantitative estimate of drug-likeness (QED) is 0.390. The largest absolute Gasteiger partial charge is 0.350 e. The van der Waals surface area contributed by atoms with Gasteiger partial charge in [-0.3, -0.25) is 0 Å². The van der Waals surface area contributed by atoms with Gasteiger partial charge in [0.2, 0.25) is 0 Å². The van der Waals surface area contributed by atoms with Crippen LogP contribution in [0.3, 0.4) is 0 Å². The van der Waals surface area contributed by atoms with Gasteiger partial charge in [-0.15, -0.1) is 0 Å². The Morgan fingerprint density at radius 1 is 1.00 bits per heavy atom. The minimum atomic E-state index is -0.0810. The second kappa shape index (κ2) is 9.20. The molecule has 0 radical (unpaired) electrons. The molecule has 0 atom stereocenters. The van der Waals surface area contributed by atoms with Gasteiger partial charge < -0.3 is 16.4 Å². The molecule has 0 spiro atoms. The molecule has 3 heteroatoms. The number of hydrogen-bond donors (Lipinski definition) is 0. The van der Waals surface area contributed by atoms with Crippen molar-refractivity contribution in [2.24, 2.45) is 0 Å². The minimum absolute atomic E-state index is 0. The van der Waals surface area contributed by atoms with Crippen molar-refractivity contribution in [3.63, 3.8) is 0 Å². The Labute approximate surface area is 97.3 Å². The topological polar surface area (TPSA) is 18.5 Å². The van der Waals surface area contributed by atoms with Gasteiger partial charge in [0, 0.05) is 21.7 Å². The third-order valence-electron chi connectivity index (χ3n) is 1.29. The van der Waals surface area contributed by atoms with Gasteiger partial charge in [0.15, 0.2) is 6.29 Å². The van der Waals surface area contributed by atoms with Gasteiger partial charge in [-0.2, -0.15) is 6.42 Å². The average molecular weight is 221 g/mol. The summed E-state index contributed by atoms with van der Waals surface area (Å²) in [6.45, 7) is 11.8. The van der Waals surface area contributed by atoms with E-state index >= 15 is 0 Å². The van der Waals surface area contributed by atoms with Crippen molar-refractivity contribution < 1.29 is 31.2 Å². The molecular weight excluding hydrogens is 200 g/mol. The van der Waals surface area contributed by atoms with Crippen LogP contribution in [0.1, 0.15) is 40.5 Å². The SMILES string of the molecule is [CH2-]CCC(OC(C)C)OC(C)C.[Ti]. The molecule has 0 N–H and O–H groups in total. The monoisotopic (exact) mass is 221 g/mol. The van der Waals surface area contributed by atoms with E-state index in [0.717, 1.165) is 12.8 Å². The second-order valence-electron chi connectivity index (χ2n) is 3.44. The Morgan fingerprint density at radius 2 is 1.38 bits per heavy atom. The molecule has 0 aliphatic rings. The van der Waals surface area contributed by atoms with Crippen LogP contribution in [-0.4, -0.2) is 18.5 Å². The van der Waals surface area contributed by atoms with E-state index in [0.29, 0.717) is 0 Å². The molecule has 0 heterocycles. The van der Waals surface area contributed by atoms with E-state index in [9.17, 15) is 0 Å². The first-order valence-corrected chi connectivity index (χ1v) is 4.66. The summed E-state index contributed by atoms with van der Waals surface area (Å²) < 4.78 is 11.1. The summed E-state index contributed by atoms with van der Waals surface area (Å²) >= 11 is 0. The molecule has 0 aromatic heterocycles. The summed E-state index contributed by atoms with van der Waals surface area (Å²) in [5.74, 6) is 0. The summed E-state index contributed by atoms with van der Waals surface area (Å²) in [6.07, 6.45) is 2.09. The first kappa shape index (κ1) is 16.1. The van der Waals surface area contributed by atoms with Crippen LogP contribution in [0.25, 0.3) is 0 Å². The fourth-order valence-electron chi connectivity index (χ4n) is 0.942. The maximum absolute atomic E-state index is 5.54. The van der Waals surface area contributed by atoms with E-state index in [1.165, 1.54) is 0 Å². The van der Waals surface area contributed by atoms with Gasteiger partial charge in [0.05, 0.1) is 12.2 Å². The van der Waals surface area contributed by atoms with Crippen molar-refractivity contribution in [3.8, 4) is 0 Å². The van der Waals surface area contributed by atoms with Crippen molar-refractivity contribution in [2.75, 3.05) is 0 Å². The van der Waals surface area contributed by atoms with Crippen LogP contribution in [0.5, 0.6) is 0 Å². The normalized spacial score (nSPS) is 11.1. The van der Waals surface area contributed by atoms with Crippen LogP contribution in [0.2, 0.25) is 0 Å². The number of ether oxygens (including phenoxy) is 2. The molecule has 0 fully saturated rings. The van der Waals surface area contributed by atoms with Gasteiger partial charge in [-0.1, -0.05) is 0 Å². The van der Waals surface area contributed by atoms with Crippen LogP contribution < -0.4 is 0 Å². The molecule has 0 unspecified atom stereocenters. The summed E-state index contributed by atoms with van der Waals surface area (Å²) in [5, 5.41) is 0. The third kappa shape index (κ3) is 10.6. The Balaban J connectivity index is 0. The fraction of sp³-hybridized carbons (Fsp3) is 0.900. The van der Waals surface area contributed by atoms with Gasteiger partial charge in [0.25, 0.3) is 0 Å². The van der Waals surface area contributed by atoms with Gasteiger partial charge in [-0.05, 0) is 34.1 Å². The van der Waals surface area contributed by atoms with Crippen LogP contribution in [-0.2, 0) is 31.2 Å². The fourth-order valence-corrected chi connectivity index (χ4v) is 0.942. The van der Waals surface area contributed by atoms with Gasteiger partial charge >= 0.3 is 0 Å². The summed E-state index contributed by atoms with van der Waals surface area (Å²) in [5.41, 5.74) is 0. The third-order valence-corrected chi connectivity index (χ3v) is 1.29. The zero-order chi connectivity index (χ0) is 9.56. The molecule has 0 aromatic rings. The number of rotatable bonds is 6. The first-order valence-electron chi connectivity index (χ1n) is 4.66. The predicted molar refractivity (Wildman–Crippen MR) is 50.8 cm³/mol. The van der Waals surface area contributed by atoms with Gasteiger partial charge in [-0.25, -0.2) is 0 Å². The molecule has 0 bridgehead atoms. The predicted octanol–water partition coefficient (Wildman–Crippen LogP) is 2.77. The molecule has 0 aliphatic heterocycles. The van der Waals surface area contributed by atoms with Crippen molar-refractivity contribution in [3.05, 3.63) is 6.92 Å². The maximum atomic E-state index is 5.54. The smallest absolute Gasteiger partial charge is 0.155 e. The molecule has 78 valence electrons. The molecule has 0 amide bonds. The van der Waals surface area contributed by atoms with Crippen LogP contribution >= 0.6 is 0 Å². The van der Waals surface area contributed by atoms with Crippen LogP contribution in [0, 0.1) is 6.92 Å². The molecule has 0 saturated carbocycles. The molecule has 0 saturated heterocycles. The van der Waals surface area contributed by atoms with E-state index in [-0.39, 0.29) is 40.2 Å². The molecule has 0 rings (SSSR count). The summed E-state index contributed by atoms with van der Waals surface area (Å²) in [4.78, 5) is 0. The molecular formula is C10H21O2Ti-. The Morgan fingerprint density at radius 3 is 1.62 bits per heavy atom. The van der Waals surface area contributed by atoms with E-state index in [1.54, 1.807) is 0 Å². The van der Waals surface area contributed by atoms with Gasteiger partial charge in [0.1, 0.15) is 0 Å². The maximum Gasteiger partial charge on any atom is 0.155 e. The minimum Gasteiger partial charge on any atom is -0.350 e. The van der Waals surface area contributed by atoms with Crippen LogP contribution in [0.4, 0.5) is 0 Å². The summed E-state index contributed by atoms with van der Waals surface area (Å²) in [7, 11) is 0. The Hall–Kier alpha value is 0.634. The van der Waals surface area contributed by atoms with Crippen molar-refractivity contribution >= 4 is 0 Å². The van der Waals surface area contributed by atoms with Crippen LogP contribution in [0.15, 0.2) is 0 Å². The van der Waals surface area contributed by atoms with Crippen molar-refractivity contribution in [1.82, 2.24) is 0 Å². The Kier molecular flexibility index (Phi) is 11.4. The molecule has 13 heavy (non-hydrogen) atoms. The van der Waals surface area contributed by atoms with Crippen molar-refractivity contribution in [1.29, 1.82) is 0 Å². The average Bonchev–Trinajstić information content (AvgIpc) is 1.84. The number of hydrogen-bond acceptors (Lipinski definition) is 2. The zero-order valence-corrected chi connectivity index (χ0v) is 10.7. The molecule has 0 aliphatic carbocycles. The zero-order valence-electron chi connectivity index (χ0n) is 9.17. The van der Waals surface area contributed by atoms with E-state index < -0.39 is 0 Å². The summed E-state index contributed by atoms with van der Waals surface area (Å²) in [6, 6.07) is 0. The standard InChI is InChI=1S/C10H21O2.Ti/c1-6-7-10(11-8(2)3)12-9(4)5;/h8-10H,1,6-7H2,2-5H3;/q-1;. The second-order valence-corrected chi connectivity index (χ2v) is 3.44. The van der Waals surface area contributed by atoms with E-state index in [2.05, 4.69) is 6.92 Å². The van der Waals surface area contributed by atoms with E-state index in [1.807, 2.05) is 27.7 Å². The Bertz CT molecular complexity index is 95.1. The van der Waals surface area contributed by atoms with E-state index in [4.69, 9.17) is 9.47 Å². The molecule has 0 aromatic carbocycles. The molecule has 2 nitrogen and oxygen atoms in total. The van der Waals surface area contributed by atoms with Crippen molar-refractivity contribution in [2.45, 2.75) is 59.0 Å². The first-order chi connectivity index (χ1) is 5.56.